The normalized spacial score (nSPS) is 13.5. The minimum atomic E-state index is -0.671. The van der Waals surface area contributed by atoms with Crippen LogP contribution in [0.2, 0.25) is 0 Å². The fraction of sp³-hybridized carbons (Fsp3) is 0.688. The fourth-order valence-corrected chi connectivity index (χ4v) is 1.70. The van der Waals surface area contributed by atoms with Gasteiger partial charge in [0.25, 0.3) is 0 Å². The highest BCUT2D eigenvalue weighted by atomic mass is 16.6. The molecule has 0 atom stereocenters. The van der Waals surface area contributed by atoms with Crippen LogP contribution in [-0.2, 0) is 9.47 Å². The molecule has 1 fully saturated rings. The number of hydrogen-bond donors (Lipinski definition) is 3. The van der Waals surface area contributed by atoms with E-state index in [2.05, 4.69) is 30.9 Å². The van der Waals surface area contributed by atoms with Crippen molar-refractivity contribution >= 4 is 30.0 Å². The van der Waals surface area contributed by atoms with Gasteiger partial charge >= 0.3 is 12.2 Å². The van der Waals surface area contributed by atoms with Gasteiger partial charge < -0.3 is 14.8 Å². The highest BCUT2D eigenvalue weighted by Crippen LogP contribution is 2.23. The Morgan fingerprint density at radius 3 is 1.69 bits per heavy atom. The standard InChI is InChI=1S/C16H26N6O4/c1-9(2)7-25-15(23)21-13-18-12(17-11-5-6-11)19-14(20-13)22-16(24)26-8-10(3)4/h9-11H,5-8H2,1-4H3,(H3,17,18,19,20,21,22,23,24). The van der Waals surface area contributed by atoms with E-state index in [1.165, 1.54) is 0 Å². The number of anilines is 3. The molecule has 1 aromatic rings. The number of carbonyl (C=O) groups excluding carboxylic acids is 2. The fourth-order valence-electron chi connectivity index (χ4n) is 1.70. The lowest BCUT2D eigenvalue weighted by Gasteiger charge is -2.11. The Kier molecular flexibility index (Phi) is 6.93. The molecule has 2 amide bonds. The first-order valence-corrected chi connectivity index (χ1v) is 8.72. The number of carbonyl (C=O) groups is 2. The molecule has 1 aromatic heterocycles. The first-order valence-electron chi connectivity index (χ1n) is 8.72. The lowest BCUT2D eigenvalue weighted by atomic mass is 10.2. The van der Waals surface area contributed by atoms with Crippen LogP contribution in [-0.4, -0.2) is 46.4 Å². The number of hydrogen-bond acceptors (Lipinski definition) is 8. The van der Waals surface area contributed by atoms with Crippen LogP contribution < -0.4 is 16.0 Å². The molecule has 0 aromatic carbocycles. The van der Waals surface area contributed by atoms with Gasteiger partial charge in [0.2, 0.25) is 17.8 Å². The van der Waals surface area contributed by atoms with Crippen LogP contribution in [0.3, 0.4) is 0 Å². The van der Waals surface area contributed by atoms with Crippen molar-refractivity contribution in [3.8, 4) is 0 Å². The molecule has 0 unspecified atom stereocenters. The first kappa shape index (κ1) is 19.7. The third-order valence-corrected chi connectivity index (χ3v) is 3.07. The van der Waals surface area contributed by atoms with Crippen molar-refractivity contribution in [1.82, 2.24) is 15.0 Å². The number of amides is 2. The molecule has 1 heterocycles. The van der Waals surface area contributed by atoms with Gasteiger partial charge in [-0.25, -0.2) is 9.59 Å². The maximum atomic E-state index is 11.8. The van der Waals surface area contributed by atoms with E-state index < -0.39 is 12.2 Å². The molecule has 1 saturated carbocycles. The van der Waals surface area contributed by atoms with Gasteiger partial charge in [0, 0.05) is 6.04 Å². The lowest BCUT2D eigenvalue weighted by Crippen LogP contribution is -2.22. The van der Waals surface area contributed by atoms with Gasteiger partial charge in [-0.15, -0.1) is 0 Å². The molecule has 0 aliphatic heterocycles. The van der Waals surface area contributed by atoms with Crippen LogP contribution in [0.4, 0.5) is 27.4 Å². The molecule has 10 nitrogen and oxygen atoms in total. The smallest absolute Gasteiger partial charge is 0.414 e. The molecule has 0 bridgehead atoms. The summed E-state index contributed by atoms with van der Waals surface area (Å²) in [5.74, 6) is 0.645. The van der Waals surface area contributed by atoms with Crippen molar-refractivity contribution < 1.29 is 19.1 Å². The molecule has 1 aliphatic rings. The summed E-state index contributed by atoms with van der Waals surface area (Å²) in [6, 6.07) is 0.291. The molecule has 3 N–H and O–H groups in total. The van der Waals surface area contributed by atoms with E-state index in [1.807, 2.05) is 27.7 Å². The molecule has 0 radical (unpaired) electrons. The Hall–Kier alpha value is -2.65. The quantitative estimate of drug-likeness (QED) is 0.641. The van der Waals surface area contributed by atoms with Crippen molar-refractivity contribution in [2.24, 2.45) is 11.8 Å². The second-order valence-corrected chi connectivity index (χ2v) is 6.96. The van der Waals surface area contributed by atoms with Crippen LogP contribution >= 0.6 is 0 Å². The van der Waals surface area contributed by atoms with E-state index >= 15 is 0 Å². The molecule has 1 aliphatic carbocycles. The Bertz CT molecular complexity index is 589. The molecule has 26 heavy (non-hydrogen) atoms. The average molecular weight is 366 g/mol. The Morgan fingerprint density at radius 1 is 0.885 bits per heavy atom. The molecular formula is C16H26N6O4. The Labute approximate surface area is 152 Å². The summed E-state index contributed by atoms with van der Waals surface area (Å²) in [5, 5.41) is 7.98. The molecule has 0 spiro atoms. The van der Waals surface area contributed by atoms with Crippen molar-refractivity contribution in [2.45, 2.75) is 46.6 Å². The molecule has 144 valence electrons. The van der Waals surface area contributed by atoms with Gasteiger partial charge in [0.15, 0.2) is 0 Å². The number of nitrogens with one attached hydrogen (secondary N) is 3. The molecule has 10 heteroatoms. The first-order chi connectivity index (χ1) is 12.3. The van der Waals surface area contributed by atoms with Gasteiger partial charge in [-0.1, -0.05) is 27.7 Å². The predicted octanol–water partition coefficient (Wildman–Crippen LogP) is 2.85. The average Bonchev–Trinajstić information content (AvgIpc) is 3.34. The highest BCUT2D eigenvalue weighted by molar-refractivity contribution is 5.84. The van der Waals surface area contributed by atoms with Crippen molar-refractivity contribution in [1.29, 1.82) is 0 Å². The van der Waals surface area contributed by atoms with E-state index in [0.29, 0.717) is 6.04 Å². The maximum Gasteiger partial charge on any atom is 0.414 e. The Morgan fingerprint density at radius 2 is 1.31 bits per heavy atom. The summed E-state index contributed by atoms with van der Waals surface area (Å²) in [4.78, 5) is 35.9. The summed E-state index contributed by atoms with van der Waals surface area (Å²) < 4.78 is 10.1. The summed E-state index contributed by atoms with van der Waals surface area (Å²) in [5.41, 5.74) is 0. The van der Waals surface area contributed by atoms with Crippen LogP contribution in [0.15, 0.2) is 0 Å². The summed E-state index contributed by atoms with van der Waals surface area (Å²) in [6.07, 6.45) is 0.694. The van der Waals surface area contributed by atoms with Gasteiger partial charge in [0.05, 0.1) is 13.2 Å². The van der Waals surface area contributed by atoms with Crippen molar-refractivity contribution in [3.63, 3.8) is 0 Å². The zero-order valence-corrected chi connectivity index (χ0v) is 15.5. The number of aromatic nitrogens is 3. The summed E-state index contributed by atoms with van der Waals surface area (Å²) >= 11 is 0. The van der Waals surface area contributed by atoms with E-state index in [-0.39, 0.29) is 42.9 Å². The van der Waals surface area contributed by atoms with Gasteiger partial charge in [0.1, 0.15) is 0 Å². The zero-order chi connectivity index (χ0) is 19.1. The minimum absolute atomic E-state index is 0.0175. The van der Waals surface area contributed by atoms with Crippen LogP contribution in [0.25, 0.3) is 0 Å². The summed E-state index contributed by atoms with van der Waals surface area (Å²) in [6.45, 7) is 8.27. The number of ether oxygens (including phenoxy) is 2. The topological polar surface area (TPSA) is 127 Å². The van der Waals surface area contributed by atoms with Gasteiger partial charge in [-0.2, -0.15) is 15.0 Å². The van der Waals surface area contributed by atoms with Gasteiger partial charge in [-0.05, 0) is 24.7 Å². The van der Waals surface area contributed by atoms with Crippen LogP contribution in [0, 0.1) is 11.8 Å². The predicted molar refractivity (Wildman–Crippen MR) is 96.1 cm³/mol. The molecular weight excluding hydrogens is 340 g/mol. The SMILES string of the molecule is CC(C)COC(=O)Nc1nc(NC(=O)OCC(C)C)nc(NC2CC2)n1. The second-order valence-electron chi connectivity index (χ2n) is 6.96. The summed E-state index contributed by atoms with van der Waals surface area (Å²) in [7, 11) is 0. The van der Waals surface area contributed by atoms with E-state index in [4.69, 9.17) is 9.47 Å². The largest absolute Gasteiger partial charge is 0.449 e. The Balaban J connectivity index is 2.03. The lowest BCUT2D eigenvalue weighted by molar-refractivity contribution is 0.147. The van der Waals surface area contributed by atoms with E-state index in [9.17, 15) is 9.59 Å². The zero-order valence-electron chi connectivity index (χ0n) is 15.5. The van der Waals surface area contributed by atoms with Gasteiger partial charge in [-0.3, -0.25) is 10.6 Å². The third-order valence-electron chi connectivity index (χ3n) is 3.07. The number of rotatable bonds is 8. The van der Waals surface area contributed by atoms with E-state index in [1.54, 1.807) is 0 Å². The monoisotopic (exact) mass is 366 g/mol. The minimum Gasteiger partial charge on any atom is -0.449 e. The maximum absolute atomic E-state index is 11.8. The second kappa shape index (κ2) is 9.16. The van der Waals surface area contributed by atoms with Crippen LogP contribution in [0.1, 0.15) is 40.5 Å². The molecule has 0 saturated heterocycles. The third kappa shape index (κ3) is 7.49. The highest BCUT2D eigenvalue weighted by Gasteiger charge is 2.23. The van der Waals surface area contributed by atoms with Crippen molar-refractivity contribution in [3.05, 3.63) is 0 Å². The van der Waals surface area contributed by atoms with Crippen molar-refractivity contribution in [2.75, 3.05) is 29.2 Å². The van der Waals surface area contributed by atoms with Crippen LogP contribution in [0.5, 0.6) is 0 Å². The van der Waals surface area contributed by atoms with E-state index in [0.717, 1.165) is 12.8 Å². The molecule has 2 rings (SSSR count). The number of nitrogens with zero attached hydrogens (tertiary/aromatic N) is 3.